The number of ether oxygens (including phenoxy) is 14. The minimum absolute atomic E-state index is 0. The molecule has 1 fully saturated rings. The number of para-hydroxylation sites is 2. The fourth-order valence-corrected chi connectivity index (χ4v) is 13.9. The van der Waals surface area contributed by atoms with E-state index in [1.807, 2.05) is 80.6 Å². The van der Waals surface area contributed by atoms with Crippen molar-refractivity contribution < 1.29 is 94.8 Å². The Hall–Kier alpha value is -8.41. The third kappa shape index (κ3) is 34.8. The van der Waals surface area contributed by atoms with Crippen LogP contribution in [-0.4, -0.2) is 123 Å². The molecule has 17 nitrogen and oxygen atoms in total. The third-order valence-corrected chi connectivity index (χ3v) is 22.1. The Morgan fingerprint density at radius 3 is 0.992 bits per heavy atom. The Balaban J connectivity index is 0.000000558. The van der Waals surface area contributed by atoms with Crippen LogP contribution in [0.1, 0.15) is 272 Å². The molecule has 1 aliphatic rings. The molecule has 20 heteroatoms. The SMILES string of the molecule is C.C.C.C.CCC(C)(CO)c1ccc(OCCOc2c(COC)cc(C(C)C)cc2COC)cc1.CCC(C)c1ccc(OCCOc2c(CO)cccc2CO)cc1.CCC(C)c1ccc(OCCOc2c(COC)cccc2COC)cc1.CCOCc1cc(C2CCCCC2)cc(COCC)c1OCCOc1ccc(C(C)(CC)C(F)(F)F)cc1. The second-order valence-electron chi connectivity index (χ2n) is 30.8. The van der Waals surface area contributed by atoms with Gasteiger partial charge in [0.2, 0.25) is 0 Å². The lowest BCUT2D eigenvalue weighted by Gasteiger charge is -2.31. The molecule has 9 rings (SSSR count). The molecule has 8 aromatic rings. The van der Waals surface area contributed by atoms with Crippen LogP contribution in [0.2, 0.25) is 0 Å². The number of aliphatic hydroxyl groups excluding tert-OH is 3. The first kappa shape index (κ1) is 111. The van der Waals surface area contributed by atoms with E-state index >= 15 is 0 Å². The van der Waals surface area contributed by atoms with Crippen molar-refractivity contribution in [2.24, 2.45) is 0 Å². The maximum absolute atomic E-state index is 13.6. The topological polar surface area (TPSA) is 190 Å². The van der Waals surface area contributed by atoms with Gasteiger partial charge in [-0.15, -0.1) is 0 Å². The zero-order valence-corrected chi connectivity index (χ0v) is 73.8. The molecule has 0 aromatic heterocycles. The van der Waals surface area contributed by atoms with E-state index in [4.69, 9.17) is 66.3 Å². The molecule has 4 unspecified atom stereocenters. The zero-order valence-electron chi connectivity index (χ0n) is 73.8. The number of aliphatic hydroxyl groups is 3. The summed E-state index contributed by atoms with van der Waals surface area (Å²) in [5.41, 5.74) is 11.9. The molecule has 1 saturated carbocycles. The van der Waals surface area contributed by atoms with E-state index in [1.165, 1.54) is 73.4 Å². The van der Waals surface area contributed by atoms with E-state index in [1.54, 1.807) is 65.7 Å². The second kappa shape index (κ2) is 59.5. The highest BCUT2D eigenvalue weighted by Crippen LogP contribution is 2.44. The van der Waals surface area contributed by atoms with Crippen molar-refractivity contribution in [1.82, 2.24) is 0 Å². The summed E-state index contributed by atoms with van der Waals surface area (Å²) in [5.74, 6) is 8.00. The molecule has 0 spiro atoms. The molecule has 8 aromatic carbocycles. The van der Waals surface area contributed by atoms with Crippen molar-refractivity contribution in [3.63, 3.8) is 0 Å². The summed E-state index contributed by atoms with van der Waals surface area (Å²) in [7, 11) is 6.74. The molecule has 4 atom stereocenters. The average Bonchev–Trinajstić information content (AvgIpc) is 0.521. The molecular formula is C103H153F3O17. The van der Waals surface area contributed by atoms with Gasteiger partial charge in [-0.25, -0.2) is 0 Å². The Labute approximate surface area is 737 Å². The number of methoxy groups -OCH3 is 4. The number of hydrogen-bond donors (Lipinski definition) is 3. The van der Waals surface area contributed by atoms with Crippen molar-refractivity contribution in [2.75, 3.05) is 101 Å². The highest BCUT2D eigenvalue weighted by Gasteiger charge is 2.50. The predicted molar refractivity (Wildman–Crippen MR) is 494 cm³/mol. The van der Waals surface area contributed by atoms with Gasteiger partial charge in [0.05, 0.1) is 64.9 Å². The quantitative estimate of drug-likeness (QED) is 0.0305. The molecule has 3 N–H and O–H groups in total. The van der Waals surface area contributed by atoms with E-state index in [-0.39, 0.29) is 80.1 Å². The van der Waals surface area contributed by atoms with Crippen molar-refractivity contribution in [2.45, 2.75) is 264 Å². The Morgan fingerprint density at radius 2 is 0.683 bits per heavy atom. The van der Waals surface area contributed by atoms with Crippen LogP contribution in [0.5, 0.6) is 46.0 Å². The highest BCUT2D eigenvalue weighted by atomic mass is 19.4. The fourth-order valence-electron chi connectivity index (χ4n) is 13.9. The number of alkyl halides is 3. The van der Waals surface area contributed by atoms with Crippen molar-refractivity contribution in [1.29, 1.82) is 0 Å². The normalized spacial score (nSPS) is 13.3. The monoisotopic (exact) mass is 1720 g/mol. The smallest absolute Gasteiger partial charge is 0.398 e. The molecule has 0 aliphatic heterocycles. The van der Waals surface area contributed by atoms with E-state index in [9.17, 15) is 28.5 Å². The summed E-state index contributed by atoms with van der Waals surface area (Å²) in [6, 6.07) is 50.7. The molecule has 0 saturated heterocycles. The minimum Gasteiger partial charge on any atom is -0.490 e. The first-order chi connectivity index (χ1) is 57.5. The van der Waals surface area contributed by atoms with E-state index < -0.39 is 11.6 Å². The number of hydrogen-bond acceptors (Lipinski definition) is 17. The van der Waals surface area contributed by atoms with Gasteiger partial charge in [0.25, 0.3) is 0 Å². The Morgan fingerprint density at radius 1 is 0.366 bits per heavy atom. The van der Waals surface area contributed by atoms with E-state index in [2.05, 4.69) is 104 Å². The van der Waals surface area contributed by atoms with Crippen LogP contribution in [-0.2, 0) is 92.1 Å². The second-order valence-corrected chi connectivity index (χ2v) is 30.8. The van der Waals surface area contributed by atoms with Crippen molar-refractivity contribution in [3.8, 4) is 46.0 Å². The van der Waals surface area contributed by atoms with Crippen LogP contribution in [0.3, 0.4) is 0 Å². The van der Waals surface area contributed by atoms with E-state index in [0.717, 1.165) is 92.7 Å². The predicted octanol–water partition coefficient (Wildman–Crippen LogP) is 24.9. The van der Waals surface area contributed by atoms with Gasteiger partial charge in [0.15, 0.2) is 0 Å². The molecule has 0 heterocycles. The first-order valence-electron chi connectivity index (χ1n) is 42.5. The van der Waals surface area contributed by atoms with Crippen LogP contribution in [0.15, 0.2) is 158 Å². The molecule has 1 aliphatic carbocycles. The third-order valence-electron chi connectivity index (χ3n) is 22.1. The molecule has 123 heavy (non-hydrogen) atoms. The Bertz CT molecular complexity index is 4000. The minimum atomic E-state index is -4.32. The summed E-state index contributed by atoms with van der Waals surface area (Å²) in [6.45, 7) is 31.1. The van der Waals surface area contributed by atoms with Crippen LogP contribution in [0.4, 0.5) is 13.2 Å². The number of halogens is 3. The van der Waals surface area contributed by atoms with Gasteiger partial charge in [0, 0.05) is 91.6 Å². The van der Waals surface area contributed by atoms with Crippen LogP contribution in [0.25, 0.3) is 0 Å². The lowest BCUT2D eigenvalue weighted by molar-refractivity contribution is -0.186. The number of benzene rings is 8. The van der Waals surface area contributed by atoms with Crippen molar-refractivity contribution in [3.05, 3.63) is 236 Å². The summed E-state index contributed by atoms with van der Waals surface area (Å²) >= 11 is 0. The maximum Gasteiger partial charge on any atom is 0.398 e. The average molecular weight is 1720 g/mol. The maximum atomic E-state index is 13.6. The highest BCUT2D eigenvalue weighted by molar-refractivity contribution is 5.48. The summed E-state index contributed by atoms with van der Waals surface area (Å²) in [4.78, 5) is 0. The van der Waals surface area contributed by atoms with Gasteiger partial charge in [-0.1, -0.05) is 196 Å². The molecule has 0 bridgehead atoms. The lowest BCUT2D eigenvalue weighted by Crippen LogP contribution is -2.38. The van der Waals surface area contributed by atoms with Crippen molar-refractivity contribution >= 4 is 0 Å². The summed E-state index contributed by atoms with van der Waals surface area (Å²) < 4.78 is 121. The van der Waals surface area contributed by atoms with E-state index in [0.29, 0.717) is 139 Å². The van der Waals surface area contributed by atoms with Crippen LogP contribution >= 0.6 is 0 Å². The van der Waals surface area contributed by atoms with Gasteiger partial charge < -0.3 is 81.6 Å². The fraction of sp³-hybridized carbons (Fsp3) is 0.534. The standard InChI is InChI=1S/C31H43F3O4.C26H38O5.C22H30O4.C20H26O4.4CH4/c1-5-30(4,31(32,33)34)27-13-15-28(16-14-27)37-17-18-38-29-25(21-35-6-2)19-24(20-26(29)22-36-7-3)23-11-9-8-10-12-23;1-7-26(4,18-27)23-8-10-24(11-9-23)30-12-13-31-25-21(16-28-5)14-20(19(2)3)15-22(25)17-29-6;1-5-17(2)18-9-11-21(12-10-18)25-13-14-26-22-19(15-23-3)7-6-8-20(22)16-24-4;1-3-15(2)16-7-9-19(10-8-16)23-11-12-24-20-17(13-21)5-4-6-18(20)14-22;;;;/h13-16,19-20,23H,5-12,17-18,21-22H2,1-4H3;8-11,14-15,19,27H,7,12-13,16-18H2,1-6H3;6-12,17H,5,13-16H2,1-4H3;4-10,15,21-22H,3,11-14H2,1-2H3;4*1H4. The lowest BCUT2D eigenvalue weighted by atomic mass is 9.79. The summed E-state index contributed by atoms with van der Waals surface area (Å²) in [5, 5.41) is 28.4. The molecule has 0 amide bonds. The van der Waals surface area contributed by atoms with Crippen LogP contribution in [0, 0.1) is 0 Å². The van der Waals surface area contributed by atoms with Gasteiger partial charge in [-0.3, -0.25) is 0 Å². The largest absolute Gasteiger partial charge is 0.490 e. The first-order valence-corrected chi connectivity index (χ1v) is 42.5. The molecule has 688 valence electrons. The van der Waals surface area contributed by atoms with Crippen LogP contribution < -0.4 is 37.9 Å². The van der Waals surface area contributed by atoms with Gasteiger partial charge in [-0.2, -0.15) is 13.2 Å². The van der Waals surface area contributed by atoms with Gasteiger partial charge >= 0.3 is 6.18 Å². The summed E-state index contributed by atoms with van der Waals surface area (Å²) in [6.07, 6.45) is 5.02. The Kier molecular flexibility index (Phi) is 53.5. The van der Waals surface area contributed by atoms with Gasteiger partial charge in [-0.05, 0) is 189 Å². The van der Waals surface area contributed by atoms with Gasteiger partial charge in [0.1, 0.15) is 98.9 Å². The number of rotatable bonds is 47. The molecule has 0 radical (unpaired) electrons. The zero-order chi connectivity index (χ0) is 86.6. The molecular weight excluding hydrogens is 1570 g/mol.